The van der Waals surface area contributed by atoms with Crippen LogP contribution >= 0.6 is 9.39 Å². The molecule has 0 saturated carbocycles. The van der Waals surface area contributed by atoms with Crippen LogP contribution in [-0.2, 0) is 4.84 Å². The van der Waals surface area contributed by atoms with Crippen molar-refractivity contribution in [3.8, 4) is 0 Å². The van der Waals surface area contributed by atoms with E-state index >= 15 is 0 Å². The molecule has 0 bridgehead atoms. The molecular weight excluding hydrogens is 145 g/mol. The van der Waals surface area contributed by atoms with Gasteiger partial charge in [0.15, 0.2) is 0 Å². The topological polar surface area (TPSA) is 12.5 Å². The molecule has 0 aliphatic heterocycles. The molecule has 0 saturated heterocycles. The zero-order valence-corrected chi connectivity index (χ0v) is 7.92. The third-order valence-electron chi connectivity index (χ3n) is 1.33. The van der Waals surface area contributed by atoms with Crippen LogP contribution in [0.25, 0.3) is 0 Å². The Kier molecular flexibility index (Phi) is 5.66. The molecule has 0 aliphatic carbocycles. The number of unbranched alkanes of at least 4 members (excludes halogenated alkanes) is 1. The van der Waals surface area contributed by atoms with Crippen LogP contribution in [-0.4, -0.2) is 11.9 Å². The Labute approximate surface area is 65.5 Å². The molecule has 0 radical (unpaired) electrons. The van der Waals surface area contributed by atoms with Gasteiger partial charge in [0.25, 0.3) is 0 Å². The Morgan fingerprint density at radius 2 is 2.30 bits per heavy atom. The molecule has 0 fully saturated rings. The number of nitrogens with zero attached hydrogens (tertiary/aromatic N) is 1. The van der Waals surface area contributed by atoms with Crippen molar-refractivity contribution in [1.82, 2.24) is 4.83 Å². The van der Waals surface area contributed by atoms with Gasteiger partial charge >= 0.3 is 0 Å². The van der Waals surface area contributed by atoms with Crippen LogP contribution in [0.5, 0.6) is 0 Å². The van der Waals surface area contributed by atoms with Gasteiger partial charge in [0.2, 0.25) is 0 Å². The first kappa shape index (κ1) is 9.93. The summed E-state index contributed by atoms with van der Waals surface area (Å²) in [5.74, 6) is 0. The van der Waals surface area contributed by atoms with Crippen molar-refractivity contribution < 1.29 is 4.84 Å². The second-order valence-electron chi connectivity index (χ2n) is 2.18. The van der Waals surface area contributed by atoms with Gasteiger partial charge < -0.3 is 0 Å². The maximum absolute atomic E-state index is 4.91. The summed E-state index contributed by atoms with van der Waals surface area (Å²) in [5.41, 5.74) is 1.01. The first-order valence-corrected chi connectivity index (χ1v) is 4.00. The highest BCUT2D eigenvalue weighted by Gasteiger charge is 1.97. The summed E-state index contributed by atoms with van der Waals surface area (Å²) >= 11 is 0. The van der Waals surface area contributed by atoms with Gasteiger partial charge in [-0.1, -0.05) is 19.9 Å². The third kappa shape index (κ3) is 3.86. The van der Waals surface area contributed by atoms with E-state index in [2.05, 4.69) is 22.9 Å². The molecule has 1 atom stereocenters. The fourth-order valence-electron chi connectivity index (χ4n) is 0.620. The van der Waals surface area contributed by atoms with Crippen LogP contribution in [0.15, 0.2) is 12.3 Å². The van der Waals surface area contributed by atoms with E-state index in [1.54, 1.807) is 11.9 Å². The van der Waals surface area contributed by atoms with Crippen molar-refractivity contribution in [3.05, 3.63) is 12.3 Å². The standard InChI is InChI=1S/C7H16NOP/c1-4-5-6-7(2)8(10)9-3/h2,4-6,10H2,1,3H3. The van der Waals surface area contributed by atoms with Crippen LogP contribution < -0.4 is 0 Å². The van der Waals surface area contributed by atoms with Gasteiger partial charge in [0.1, 0.15) is 0 Å². The lowest BCUT2D eigenvalue weighted by atomic mass is 10.2. The molecule has 0 N–H and O–H groups in total. The van der Waals surface area contributed by atoms with Gasteiger partial charge in [-0.15, -0.1) is 0 Å². The summed E-state index contributed by atoms with van der Waals surface area (Å²) in [6.07, 6.45) is 3.38. The highest BCUT2D eigenvalue weighted by Crippen LogP contribution is 2.14. The minimum absolute atomic E-state index is 1.01. The summed E-state index contributed by atoms with van der Waals surface area (Å²) < 4.78 is 0. The van der Waals surface area contributed by atoms with E-state index in [1.807, 2.05) is 0 Å². The summed E-state index contributed by atoms with van der Waals surface area (Å²) in [6.45, 7) is 6.00. The largest absolute Gasteiger partial charge is 0.274 e. The van der Waals surface area contributed by atoms with Crippen LogP contribution in [0.4, 0.5) is 0 Å². The maximum atomic E-state index is 4.91. The first-order chi connectivity index (χ1) is 4.72. The normalized spacial score (nSPS) is 9.50. The van der Waals surface area contributed by atoms with Crippen LogP contribution in [0.2, 0.25) is 0 Å². The van der Waals surface area contributed by atoms with E-state index in [0.29, 0.717) is 0 Å². The summed E-state index contributed by atoms with van der Waals surface area (Å²) in [7, 11) is 4.08. The van der Waals surface area contributed by atoms with Crippen molar-refractivity contribution in [1.29, 1.82) is 0 Å². The highest BCUT2D eigenvalue weighted by molar-refractivity contribution is 7.13. The quantitative estimate of drug-likeness (QED) is 0.453. The van der Waals surface area contributed by atoms with E-state index < -0.39 is 0 Å². The van der Waals surface area contributed by atoms with Crippen LogP contribution in [0, 0.1) is 0 Å². The SMILES string of the molecule is C=C(CCCC)N(P)OC. The Bertz CT molecular complexity index is 106. The lowest BCUT2D eigenvalue weighted by Crippen LogP contribution is -2.07. The summed E-state index contributed by atoms with van der Waals surface area (Å²) in [5, 5.41) is 0. The van der Waals surface area contributed by atoms with Gasteiger partial charge in [0, 0.05) is 5.70 Å². The molecule has 0 spiro atoms. The van der Waals surface area contributed by atoms with Gasteiger partial charge in [-0.25, -0.2) is 4.83 Å². The van der Waals surface area contributed by atoms with E-state index in [9.17, 15) is 0 Å². The molecule has 60 valence electrons. The second kappa shape index (κ2) is 5.70. The summed E-state index contributed by atoms with van der Waals surface area (Å²) in [4.78, 5) is 6.53. The molecule has 0 aromatic rings. The Balaban J connectivity index is 3.42. The molecule has 0 aliphatic rings. The molecule has 0 rings (SSSR count). The van der Waals surface area contributed by atoms with Crippen LogP contribution in [0.1, 0.15) is 26.2 Å². The lowest BCUT2D eigenvalue weighted by molar-refractivity contribution is -0.0112. The van der Waals surface area contributed by atoms with Gasteiger partial charge in [-0.2, -0.15) is 0 Å². The zero-order chi connectivity index (χ0) is 7.98. The number of allylic oxidation sites excluding steroid dienone is 1. The molecule has 10 heavy (non-hydrogen) atoms. The fourth-order valence-corrected chi connectivity index (χ4v) is 0.749. The fraction of sp³-hybridized carbons (Fsp3) is 0.714. The minimum atomic E-state index is 1.01. The van der Waals surface area contributed by atoms with E-state index in [0.717, 1.165) is 12.1 Å². The Morgan fingerprint density at radius 3 is 2.70 bits per heavy atom. The Hall–Kier alpha value is -0.0700. The molecule has 2 nitrogen and oxygen atoms in total. The second-order valence-corrected chi connectivity index (χ2v) is 2.65. The molecule has 0 aromatic carbocycles. The number of rotatable bonds is 5. The predicted molar refractivity (Wildman–Crippen MR) is 47.2 cm³/mol. The molecule has 0 heterocycles. The molecule has 0 aromatic heterocycles. The van der Waals surface area contributed by atoms with Crippen LogP contribution in [0.3, 0.4) is 0 Å². The molecule has 3 heteroatoms. The summed E-state index contributed by atoms with van der Waals surface area (Å²) in [6, 6.07) is 0. The number of hydrogen-bond donors (Lipinski definition) is 0. The average Bonchev–Trinajstić information content (AvgIpc) is 1.98. The highest BCUT2D eigenvalue weighted by atomic mass is 31.0. The van der Waals surface area contributed by atoms with E-state index in [4.69, 9.17) is 4.84 Å². The maximum Gasteiger partial charge on any atom is 0.0642 e. The third-order valence-corrected chi connectivity index (χ3v) is 1.90. The van der Waals surface area contributed by atoms with Gasteiger partial charge in [0.05, 0.1) is 7.11 Å². The van der Waals surface area contributed by atoms with Crippen molar-refractivity contribution in [3.63, 3.8) is 0 Å². The van der Waals surface area contributed by atoms with Crippen molar-refractivity contribution in [2.75, 3.05) is 7.11 Å². The molecule has 1 unspecified atom stereocenters. The monoisotopic (exact) mass is 161 g/mol. The van der Waals surface area contributed by atoms with Crippen molar-refractivity contribution in [2.24, 2.45) is 0 Å². The smallest absolute Gasteiger partial charge is 0.0642 e. The van der Waals surface area contributed by atoms with E-state index in [1.165, 1.54) is 12.8 Å². The first-order valence-electron chi connectivity index (χ1n) is 3.49. The Morgan fingerprint density at radius 1 is 1.70 bits per heavy atom. The van der Waals surface area contributed by atoms with Gasteiger partial charge in [-0.05, 0) is 22.2 Å². The average molecular weight is 161 g/mol. The van der Waals surface area contributed by atoms with Crippen molar-refractivity contribution >= 4 is 9.39 Å². The van der Waals surface area contributed by atoms with E-state index in [-0.39, 0.29) is 0 Å². The minimum Gasteiger partial charge on any atom is -0.274 e. The lowest BCUT2D eigenvalue weighted by Gasteiger charge is -2.17. The number of hydroxylamine groups is 1. The molecular formula is C7H16NOP. The molecule has 0 amide bonds. The van der Waals surface area contributed by atoms with Crippen molar-refractivity contribution in [2.45, 2.75) is 26.2 Å². The van der Waals surface area contributed by atoms with Gasteiger partial charge in [-0.3, -0.25) is 4.84 Å². The zero-order valence-electron chi connectivity index (χ0n) is 6.76. The predicted octanol–water partition coefficient (Wildman–Crippen LogP) is 2.34. The number of hydrogen-bond acceptors (Lipinski definition) is 2.